The van der Waals surface area contributed by atoms with Gasteiger partial charge in [-0.3, -0.25) is 4.90 Å². The van der Waals surface area contributed by atoms with Crippen LogP contribution in [-0.2, 0) is 0 Å². The Labute approximate surface area is 117 Å². The Kier molecular flexibility index (Phi) is 4.61. The molecule has 1 unspecified atom stereocenters. The molecule has 0 aliphatic carbocycles. The topological polar surface area (TPSA) is 27.0 Å². The highest BCUT2D eigenvalue weighted by Gasteiger charge is 2.22. The maximum atomic E-state index is 9.62. The molecule has 0 aromatic heterocycles. The maximum absolute atomic E-state index is 9.62. The van der Waals surface area contributed by atoms with Crippen LogP contribution in [0.15, 0.2) is 12.1 Å². The van der Waals surface area contributed by atoms with Crippen LogP contribution in [0.2, 0.25) is 0 Å². The van der Waals surface area contributed by atoms with Crippen molar-refractivity contribution in [2.45, 2.75) is 52.5 Å². The minimum atomic E-state index is -0.0719. The van der Waals surface area contributed by atoms with E-state index in [1.165, 1.54) is 47.9 Å². The zero-order valence-electron chi connectivity index (χ0n) is 12.4. The summed E-state index contributed by atoms with van der Waals surface area (Å²) in [5, 5.41) is 9.62. The summed E-state index contributed by atoms with van der Waals surface area (Å²) in [5.74, 6) is 0. The molecule has 2 heteroatoms. The molecule has 19 heavy (non-hydrogen) atoms. The Morgan fingerprint density at radius 1 is 0.947 bits per heavy atom. The van der Waals surface area contributed by atoms with Crippen molar-refractivity contribution in [3.63, 3.8) is 0 Å². The van der Waals surface area contributed by atoms with E-state index >= 15 is 0 Å². The van der Waals surface area contributed by atoms with E-state index in [2.05, 4.69) is 43.9 Å². The zero-order chi connectivity index (χ0) is 13.8. The Balaban J connectivity index is 2.31. The summed E-state index contributed by atoms with van der Waals surface area (Å²) in [6.07, 6.45) is 5.06. The number of rotatable bonds is 2. The molecule has 2 rings (SSSR count). The van der Waals surface area contributed by atoms with Gasteiger partial charge in [0.2, 0.25) is 0 Å². The summed E-state index contributed by atoms with van der Waals surface area (Å²) >= 11 is 0. The SMILES string of the molecule is Cc1cc(C)c(C(C#N)N2CCCCCC2)cc1C. The van der Waals surface area contributed by atoms with Crippen LogP contribution >= 0.6 is 0 Å². The monoisotopic (exact) mass is 256 g/mol. The van der Waals surface area contributed by atoms with Gasteiger partial charge in [-0.05, 0) is 69.0 Å². The molecule has 1 atom stereocenters. The molecule has 1 aliphatic rings. The van der Waals surface area contributed by atoms with Gasteiger partial charge in [0.25, 0.3) is 0 Å². The molecular formula is C17H24N2. The molecule has 1 aromatic carbocycles. The third-order valence-electron chi connectivity index (χ3n) is 4.31. The normalized spacial score (nSPS) is 18.6. The van der Waals surface area contributed by atoms with Crippen LogP contribution in [0.25, 0.3) is 0 Å². The van der Waals surface area contributed by atoms with E-state index in [1.54, 1.807) is 0 Å². The molecule has 0 N–H and O–H groups in total. The summed E-state index contributed by atoms with van der Waals surface area (Å²) in [4.78, 5) is 2.37. The standard InChI is InChI=1S/C17H24N2/c1-13-10-15(3)16(11-14(13)2)17(12-18)19-8-6-4-5-7-9-19/h10-11,17H,4-9H2,1-3H3. The number of hydrogen-bond acceptors (Lipinski definition) is 2. The Bertz CT molecular complexity index is 477. The Morgan fingerprint density at radius 3 is 2.11 bits per heavy atom. The molecule has 1 saturated heterocycles. The van der Waals surface area contributed by atoms with Gasteiger partial charge in [0.15, 0.2) is 0 Å². The molecule has 1 aromatic rings. The van der Waals surface area contributed by atoms with Crippen molar-refractivity contribution < 1.29 is 0 Å². The van der Waals surface area contributed by atoms with E-state index in [4.69, 9.17) is 0 Å². The van der Waals surface area contributed by atoms with Gasteiger partial charge in [-0.25, -0.2) is 0 Å². The minimum absolute atomic E-state index is 0.0719. The van der Waals surface area contributed by atoms with Gasteiger partial charge in [0, 0.05) is 0 Å². The molecule has 1 aliphatic heterocycles. The second kappa shape index (κ2) is 6.21. The van der Waals surface area contributed by atoms with Crippen molar-refractivity contribution in [3.05, 3.63) is 34.4 Å². The molecule has 0 radical (unpaired) electrons. The van der Waals surface area contributed by atoms with Crippen molar-refractivity contribution in [2.75, 3.05) is 13.1 Å². The lowest BCUT2D eigenvalue weighted by Gasteiger charge is -2.27. The van der Waals surface area contributed by atoms with Crippen molar-refractivity contribution in [1.29, 1.82) is 5.26 Å². The molecule has 2 nitrogen and oxygen atoms in total. The van der Waals surface area contributed by atoms with E-state index in [1.807, 2.05) is 0 Å². The fourth-order valence-corrected chi connectivity index (χ4v) is 2.98. The van der Waals surface area contributed by atoms with Crippen LogP contribution in [0.1, 0.15) is 54.0 Å². The number of benzene rings is 1. The summed E-state index contributed by atoms with van der Waals surface area (Å²) in [5.41, 5.74) is 5.05. The van der Waals surface area contributed by atoms with Crippen LogP contribution in [0, 0.1) is 32.1 Å². The van der Waals surface area contributed by atoms with Gasteiger partial charge in [-0.1, -0.05) is 25.0 Å². The van der Waals surface area contributed by atoms with Crippen molar-refractivity contribution in [3.8, 4) is 6.07 Å². The minimum Gasteiger partial charge on any atom is -0.284 e. The van der Waals surface area contributed by atoms with E-state index in [0.717, 1.165) is 13.1 Å². The predicted molar refractivity (Wildman–Crippen MR) is 79.0 cm³/mol. The zero-order valence-corrected chi connectivity index (χ0v) is 12.4. The summed E-state index contributed by atoms with van der Waals surface area (Å²) < 4.78 is 0. The number of nitrogens with zero attached hydrogens (tertiary/aromatic N) is 2. The number of aryl methyl sites for hydroxylation is 3. The Hall–Kier alpha value is -1.33. The van der Waals surface area contributed by atoms with Gasteiger partial charge < -0.3 is 0 Å². The Morgan fingerprint density at radius 2 is 1.53 bits per heavy atom. The largest absolute Gasteiger partial charge is 0.284 e. The lowest BCUT2D eigenvalue weighted by molar-refractivity contribution is 0.245. The average Bonchev–Trinajstić information content (AvgIpc) is 2.65. The van der Waals surface area contributed by atoms with Gasteiger partial charge in [-0.15, -0.1) is 0 Å². The quantitative estimate of drug-likeness (QED) is 0.798. The van der Waals surface area contributed by atoms with E-state index in [0.29, 0.717) is 0 Å². The molecule has 0 bridgehead atoms. The van der Waals surface area contributed by atoms with Crippen LogP contribution in [0.4, 0.5) is 0 Å². The average molecular weight is 256 g/mol. The second-order valence-corrected chi connectivity index (χ2v) is 5.77. The highest BCUT2D eigenvalue weighted by Crippen LogP contribution is 2.28. The van der Waals surface area contributed by atoms with Crippen molar-refractivity contribution in [2.24, 2.45) is 0 Å². The first-order chi connectivity index (χ1) is 9.13. The summed E-state index contributed by atoms with van der Waals surface area (Å²) in [7, 11) is 0. The molecule has 0 saturated carbocycles. The van der Waals surface area contributed by atoms with Gasteiger partial charge in [0.05, 0.1) is 6.07 Å². The lowest BCUT2D eigenvalue weighted by atomic mass is 9.95. The smallest absolute Gasteiger partial charge is 0.124 e. The van der Waals surface area contributed by atoms with Crippen LogP contribution < -0.4 is 0 Å². The van der Waals surface area contributed by atoms with E-state index in [9.17, 15) is 5.26 Å². The van der Waals surface area contributed by atoms with Crippen molar-refractivity contribution in [1.82, 2.24) is 4.90 Å². The predicted octanol–water partition coefficient (Wildman–Crippen LogP) is 4.05. The number of nitriles is 1. The van der Waals surface area contributed by atoms with Gasteiger partial charge in [-0.2, -0.15) is 5.26 Å². The third kappa shape index (κ3) is 3.16. The van der Waals surface area contributed by atoms with Gasteiger partial charge >= 0.3 is 0 Å². The third-order valence-corrected chi connectivity index (χ3v) is 4.31. The lowest BCUT2D eigenvalue weighted by Crippen LogP contribution is -2.29. The molecule has 0 spiro atoms. The molecular weight excluding hydrogens is 232 g/mol. The molecule has 1 heterocycles. The maximum Gasteiger partial charge on any atom is 0.124 e. The first-order valence-corrected chi connectivity index (χ1v) is 7.35. The first-order valence-electron chi connectivity index (χ1n) is 7.35. The fraction of sp³-hybridized carbons (Fsp3) is 0.588. The van der Waals surface area contributed by atoms with Crippen LogP contribution in [-0.4, -0.2) is 18.0 Å². The highest BCUT2D eigenvalue weighted by atomic mass is 15.2. The van der Waals surface area contributed by atoms with Gasteiger partial charge in [0.1, 0.15) is 6.04 Å². The molecule has 102 valence electrons. The number of likely N-dealkylation sites (tertiary alicyclic amines) is 1. The number of hydrogen-bond donors (Lipinski definition) is 0. The first kappa shape index (κ1) is 14.1. The second-order valence-electron chi connectivity index (χ2n) is 5.77. The van der Waals surface area contributed by atoms with E-state index < -0.39 is 0 Å². The van der Waals surface area contributed by atoms with E-state index in [-0.39, 0.29) is 6.04 Å². The summed E-state index contributed by atoms with van der Waals surface area (Å²) in [6.45, 7) is 8.52. The van der Waals surface area contributed by atoms with Crippen LogP contribution in [0.3, 0.4) is 0 Å². The van der Waals surface area contributed by atoms with Crippen LogP contribution in [0.5, 0.6) is 0 Å². The molecule has 1 fully saturated rings. The van der Waals surface area contributed by atoms with Crippen molar-refractivity contribution >= 4 is 0 Å². The summed E-state index contributed by atoms with van der Waals surface area (Å²) in [6, 6.07) is 6.88. The highest BCUT2D eigenvalue weighted by molar-refractivity contribution is 5.40. The molecule has 0 amide bonds. The fourth-order valence-electron chi connectivity index (χ4n) is 2.98.